The van der Waals surface area contributed by atoms with E-state index in [4.69, 9.17) is 22.1 Å². The van der Waals surface area contributed by atoms with Gasteiger partial charge in [0.2, 0.25) is 0 Å². The number of ketones is 1. The van der Waals surface area contributed by atoms with Crippen LogP contribution in [0.25, 0.3) is 0 Å². The van der Waals surface area contributed by atoms with Gasteiger partial charge in [-0.05, 0) is 31.0 Å². The van der Waals surface area contributed by atoms with Gasteiger partial charge >= 0.3 is 5.97 Å². The van der Waals surface area contributed by atoms with Crippen molar-refractivity contribution in [1.29, 1.82) is 0 Å². The lowest BCUT2D eigenvalue weighted by molar-refractivity contribution is -0.124. The molecule has 0 radical (unpaired) electrons. The molecule has 90 valence electrons. The molecule has 0 bridgehead atoms. The molecule has 0 saturated heterocycles. The maximum atomic E-state index is 11.8. The van der Waals surface area contributed by atoms with Crippen LogP contribution in [0.5, 0.6) is 0 Å². The number of hydrogen-bond acceptors (Lipinski definition) is 4. The van der Waals surface area contributed by atoms with E-state index in [1.165, 1.54) is 12.1 Å². The van der Waals surface area contributed by atoms with Crippen LogP contribution >= 0.6 is 11.6 Å². The number of rotatable bonds is 2. The lowest BCUT2D eigenvalue weighted by Crippen LogP contribution is -2.22. The highest BCUT2D eigenvalue weighted by Gasteiger charge is 2.28. The summed E-state index contributed by atoms with van der Waals surface area (Å²) in [5.74, 6) is -0.592. The molecule has 0 unspecified atom stereocenters. The summed E-state index contributed by atoms with van der Waals surface area (Å²) >= 11 is 5.73. The zero-order valence-corrected chi connectivity index (χ0v) is 9.87. The van der Waals surface area contributed by atoms with Gasteiger partial charge in [-0.25, -0.2) is 4.79 Å². The summed E-state index contributed by atoms with van der Waals surface area (Å²) in [5, 5.41) is 0.455. The lowest BCUT2D eigenvalue weighted by Gasteiger charge is -2.11. The largest absolute Gasteiger partial charge is 0.451 e. The van der Waals surface area contributed by atoms with E-state index in [0.29, 0.717) is 17.9 Å². The second kappa shape index (κ2) is 4.75. The monoisotopic (exact) mass is 253 g/mol. The standard InChI is InChI=1S/C12H12ClNO3/c13-7-4-5-8(9(14)6-7)12(16)17-11-3-1-2-10(11)15/h4-6,11H,1-3,14H2/t11-/m0/s1. The minimum absolute atomic E-state index is 0.0223. The molecule has 2 N–H and O–H groups in total. The predicted molar refractivity (Wildman–Crippen MR) is 63.9 cm³/mol. The van der Waals surface area contributed by atoms with Gasteiger partial charge in [0.25, 0.3) is 0 Å². The Morgan fingerprint density at radius 1 is 1.47 bits per heavy atom. The van der Waals surface area contributed by atoms with Crippen molar-refractivity contribution in [3.8, 4) is 0 Å². The molecule has 17 heavy (non-hydrogen) atoms. The number of ether oxygens (including phenoxy) is 1. The molecule has 0 aromatic heterocycles. The van der Waals surface area contributed by atoms with Gasteiger partial charge in [0.15, 0.2) is 11.9 Å². The van der Waals surface area contributed by atoms with Gasteiger partial charge in [-0.1, -0.05) is 11.6 Å². The molecule has 2 rings (SSSR count). The van der Waals surface area contributed by atoms with Crippen molar-refractivity contribution < 1.29 is 14.3 Å². The molecule has 1 aliphatic carbocycles. The Bertz CT molecular complexity index is 473. The first-order valence-corrected chi connectivity index (χ1v) is 5.74. The molecule has 1 atom stereocenters. The Labute approximate surface area is 104 Å². The van der Waals surface area contributed by atoms with Crippen molar-refractivity contribution in [2.75, 3.05) is 5.73 Å². The first kappa shape index (κ1) is 11.9. The maximum absolute atomic E-state index is 11.8. The smallest absolute Gasteiger partial charge is 0.340 e. The molecule has 5 heteroatoms. The van der Waals surface area contributed by atoms with Crippen LogP contribution in [0.2, 0.25) is 5.02 Å². The fraction of sp³-hybridized carbons (Fsp3) is 0.333. The van der Waals surface area contributed by atoms with Crippen molar-refractivity contribution in [3.63, 3.8) is 0 Å². The fourth-order valence-corrected chi connectivity index (χ4v) is 2.00. The average Bonchev–Trinajstić information content (AvgIpc) is 2.64. The molecule has 1 saturated carbocycles. The number of esters is 1. The van der Waals surface area contributed by atoms with E-state index in [0.717, 1.165) is 6.42 Å². The quantitative estimate of drug-likeness (QED) is 0.648. The van der Waals surface area contributed by atoms with Crippen LogP contribution in [0, 0.1) is 0 Å². The van der Waals surface area contributed by atoms with Gasteiger partial charge in [0.1, 0.15) is 0 Å². The number of halogens is 1. The molecule has 1 aliphatic rings. The highest BCUT2D eigenvalue weighted by atomic mass is 35.5. The van der Waals surface area contributed by atoms with Crippen LogP contribution in [-0.4, -0.2) is 17.9 Å². The van der Waals surface area contributed by atoms with E-state index in [1.54, 1.807) is 6.07 Å². The van der Waals surface area contributed by atoms with E-state index >= 15 is 0 Å². The number of Topliss-reactive ketones (excluding diaryl/α,β-unsaturated/α-hetero) is 1. The number of carbonyl (C=O) groups excluding carboxylic acids is 2. The van der Waals surface area contributed by atoms with Gasteiger partial charge in [0.05, 0.1) is 5.56 Å². The van der Waals surface area contributed by atoms with E-state index in [1.807, 2.05) is 0 Å². The Hall–Kier alpha value is -1.55. The van der Waals surface area contributed by atoms with Crippen molar-refractivity contribution in [2.45, 2.75) is 25.4 Å². The number of anilines is 1. The van der Waals surface area contributed by atoms with Crippen LogP contribution < -0.4 is 5.73 Å². The van der Waals surface area contributed by atoms with Crippen LogP contribution in [-0.2, 0) is 9.53 Å². The average molecular weight is 254 g/mol. The summed E-state index contributed by atoms with van der Waals surface area (Å²) in [6, 6.07) is 4.54. The van der Waals surface area contributed by atoms with E-state index in [9.17, 15) is 9.59 Å². The minimum Gasteiger partial charge on any atom is -0.451 e. The molecule has 1 aromatic rings. The van der Waals surface area contributed by atoms with Gasteiger partial charge in [-0.15, -0.1) is 0 Å². The van der Waals surface area contributed by atoms with Gasteiger partial charge < -0.3 is 10.5 Å². The minimum atomic E-state index is -0.613. The van der Waals surface area contributed by atoms with Crippen molar-refractivity contribution in [3.05, 3.63) is 28.8 Å². The topological polar surface area (TPSA) is 69.4 Å². The number of hydrogen-bond donors (Lipinski definition) is 1. The van der Waals surface area contributed by atoms with Gasteiger partial charge in [0, 0.05) is 17.1 Å². The molecular formula is C12H12ClNO3. The number of carbonyl (C=O) groups is 2. The summed E-state index contributed by atoms with van der Waals surface area (Å²) in [7, 11) is 0. The van der Waals surface area contributed by atoms with Crippen LogP contribution in [0.3, 0.4) is 0 Å². The van der Waals surface area contributed by atoms with Crippen molar-refractivity contribution >= 4 is 29.0 Å². The third-order valence-corrected chi connectivity index (χ3v) is 2.97. The molecule has 0 spiro atoms. The lowest BCUT2D eigenvalue weighted by atomic mass is 10.2. The molecular weight excluding hydrogens is 242 g/mol. The van der Waals surface area contributed by atoms with E-state index in [-0.39, 0.29) is 17.0 Å². The van der Waals surface area contributed by atoms with E-state index in [2.05, 4.69) is 0 Å². The molecule has 0 amide bonds. The number of benzene rings is 1. The molecule has 1 aromatic carbocycles. The Balaban J connectivity index is 2.11. The second-order valence-corrected chi connectivity index (χ2v) is 4.42. The SMILES string of the molecule is Nc1cc(Cl)ccc1C(=O)O[C@H]1CCCC1=O. The summed E-state index contributed by atoms with van der Waals surface area (Å²) < 4.78 is 5.12. The maximum Gasteiger partial charge on any atom is 0.340 e. The van der Waals surface area contributed by atoms with Crippen molar-refractivity contribution in [2.24, 2.45) is 0 Å². The predicted octanol–water partition coefficient (Wildman–Crippen LogP) is 2.20. The van der Waals surface area contributed by atoms with Crippen LogP contribution in [0.1, 0.15) is 29.6 Å². The zero-order valence-electron chi connectivity index (χ0n) is 9.11. The third kappa shape index (κ3) is 2.58. The third-order valence-electron chi connectivity index (χ3n) is 2.73. The molecule has 4 nitrogen and oxygen atoms in total. The first-order chi connectivity index (χ1) is 8.08. The molecule has 0 heterocycles. The second-order valence-electron chi connectivity index (χ2n) is 3.98. The normalized spacial score (nSPS) is 19.4. The number of nitrogens with two attached hydrogens (primary N) is 1. The Kier molecular flexibility index (Phi) is 3.33. The molecule has 1 fully saturated rings. The van der Waals surface area contributed by atoms with Crippen LogP contribution in [0.4, 0.5) is 5.69 Å². The van der Waals surface area contributed by atoms with Gasteiger partial charge in [-0.3, -0.25) is 4.79 Å². The zero-order chi connectivity index (χ0) is 12.4. The van der Waals surface area contributed by atoms with E-state index < -0.39 is 12.1 Å². The highest BCUT2D eigenvalue weighted by Crippen LogP contribution is 2.22. The van der Waals surface area contributed by atoms with Crippen molar-refractivity contribution in [1.82, 2.24) is 0 Å². The van der Waals surface area contributed by atoms with Gasteiger partial charge in [-0.2, -0.15) is 0 Å². The van der Waals surface area contributed by atoms with Crippen LogP contribution in [0.15, 0.2) is 18.2 Å². The summed E-state index contributed by atoms with van der Waals surface area (Å²) in [6.07, 6.45) is 1.23. The summed E-state index contributed by atoms with van der Waals surface area (Å²) in [5.41, 5.74) is 6.16. The highest BCUT2D eigenvalue weighted by molar-refractivity contribution is 6.31. The summed E-state index contributed by atoms with van der Waals surface area (Å²) in [6.45, 7) is 0. The Morgan fingerprint density at radius 3 is 2.82 bits per heavy atom. The Morgan fingerprint density at radius 2 is 2.24 bits per heavy atom. The fourth-order valence-electron chi connectivity index (χ4n) is 1.82. The molecule has 0 aliphatic heterocycles. The first-order valence-electron chi connectivity index (χ1n) is 5.36. The summed E-state index contributed by atoms with van der Waals surface area (Å²) in [4.78, 5) is 23.1. The number of nitrogen functional groups attached to an aromatic ring is 1.